The Bertz CT molecular complexity index is 1140. The summed E-state index contributed by atoms with van der Waals surface area (Å²) in [5.74, 6) is 0. The van der Waals surface area contributed by atoms with Crippen molar-refractivity contribution >= 4 is 29.6 Å². The Morgan fingerprint density at radius 1 is 0.793 bits per heavy atom. The summed E-state index contributed by atoms with van der Waals surface area (Å²) < 4.78 is 63.9. The molecule has 0 aliphatic heterocycles. The fourth-order valence-electron chi connectivity index (χ4n) is 3.22. The van der Waals surface area contributed by atoms with Gasteiger partial charge in [-0.05, 0) is 36.1 Å². The van der Waals surface area contributed by atoms with E-state index in [1.54, 1.807) is 0 Å². The molecule has 0 atom stereocenters. The van der Waals surface area contributed by atoms with Gasteiger partial charge in [-0.25, -0.2) is 9.13 Å². The van der Waals surface area contributed by atoms with Gasteiger partial charge in [0.1, 0.15) is 6.54 Å². The van der Waals surface area contributed by atoms with E-state index >= 15 is 0 Å². The Morgan fingerprint density at radius 2 is 1.38 bits per heavy atom. The van der Waals surface area contributed by atoms with E-state index in [9.17, 15) is 25.2 Å². The van der Waals surface area contributed by atoms with Crippen LogP contribution in [0.3, 0.4) is 0 Å². The molecule has 0 saturated carbocycles. The molecule has 0 bridgehead atoms. The number of benzene rings is 3. The molecule has 156 valence electrons. The van der Waals surface area contributed by atoms with Crippen molar-refractivity contribution < 1.29 is 29.7 Å². The molecule has 0 N–H and O–H groups in total. The normalized spacial score (nSPS) is 14.2. The van der Waals surface area contributed by atoms with Gasteiger partial charge in [0.05, 0.1) is 6.54 Å². The van der Waals surface area contributed by atoms with Crippen LogP contribution in [-0.2, 0) is 13.1 Å². The fourth-order valence-corrected chi connectivity index (χ4v) is 3.22. The molecule has 4 aromatic rings. The third-order valence-corrected chi connectivity index (χ3v) is 4.29. The monoisotopic (exact) mass is 432 g/mol. The first-order chi connectivity index (χ1) is 13.3. The summed E-state index contributed by atoms with van der Waals surface area (Å²) in [6.45, 7) is 4.08. The number of hydrogen-bond acceptors (Lipinski definition) is 0. The van der Waals surface area contributed by atoms with Gasteiger partial charge in [0, 0.05) is 5.39 Å². The minimum atomic E-state index is -10.7. The van der Waals surface area contributed by atoms with Gasteiger partial charge >= 0.3 is 33.0 Å². The Kier molecular flexibility index (Phi) is 4.90. The van der Waals surface area contributed by atoms with E-state index in [-0.39, 0.29) is 0 Å². The average molecular weight is 432 g/mol. The molecule has 3 aromatic carbocycles. The van der Waals surface area contributed by atoms with Gasteiger partial charge in [0.25, 0.3) is 0 Å². The fraction of sp³-hybridized carbons (Fsp3) is 0.150. The van der Waals surface area contributed by atoms with Gasteiger partial charge in [-0.15, -0.1) is 0 Å². The maximum atomic E-state index is 9.87. The molecular formula is C20H19F6N2P. The number of nitrogens with zero attached hydrogens (tertiary/aromatic N) is 2. The van der Waals surface area contributed by atoms with Crippen LogP contribution < -0.4 is 4.57 Å². The third-order valence-electron chi connectivity index (χ3n) is 4.29. The quantitative estimate of drug-likeness (QED) is 0.180. The summed E-state index contributed by atoms with van der Waals surface area (Å²) in [7, 11) is -10.7. The standard InChI is InChI=1S/C20H19N2.F6P/c1-2-21-15-22(14-16-8-4-3-5-9-16)20-18-11-7-6-10-17(18)12-13-19(20)21;1-7(2,3,4,5)6/h3-13,15H,2,14H2,1H3;/q+1;-1. The summed E-state index contributed by atoms with van der Waals surface area (Å²) in [6, 6.07) is 23.7. The second-order valence-electron chi connectivity index (χ2n) is 6.63. The Balaban J connectivity index is 0.000000298. The third kappa shape index (κ3) is 6.19. The average Bonchev–Trinajstić information content (AvgIpc) is 2.98. The molecule has 9 heteroatoms. The second-order valence-corrected chi connectivity index (χ2v) is 8.54. The zero-order chi connectivity index (χ0) is 21.3. The van der Waals surface area contributed by atoms with Crippen LogP contribution in [0.2, 0.25) is 0 Å². The van der Waals surface area contributed by atoms with Crippen molar-refractivity contribution in [2.75, 3.05) is 0 Å². The summed E-state index contributed by atoms with van der Waals surface area (Å²) >= 11 is 0. The van der Waals surface area contributed by atoms with Crippen LogP contribution in [-0.4, -0.2) is 4.57 Å². The number of rotatable bonds is 3. The number of imidazole rings is 1. The van der Waals surface area contributed by atoms with E-state index in [0.29, 0.717) is 0 Å². The van der Waals surface area contributed by atoms with E-state index in [4.69, 9.17) is 0 Å². The van der Waals surface area contributed by atoms with Crippen LogP contribution in [0, 0.1) is 0 Å². The van der Waals surface area contributed by atoms with Crippen molar-refractivity contribution in [3.63, 3.8) is 0 Å². The SMILES string of the molecule is CCn1c[n+](Cc2ccccc2)c2c3ccccc3ccc21.F[P-](F)(F)(F)(F)F. The predicted molar refractivity (Wildman–Crippen MR) is 104 cm³/mol. The van der Waals surface area contributed by atoms with Crippen LogP contribution in [0.4, 0.5) is 25.2 Å². The molecular weight excluding hydrogens is 413 g/mol. The topological polar surface area (TPSA) is 8.81 Å². The molecule has 4 rings (SSSR count). The molecule has 0 saturated heterocycles. The van der Waals surface area contributed by atoms with Gasteiger partial charge in [-0.3, -0.25) is 0 Å². The van der Waals surface area contributed by atoms with E-state index in [1.807, 2.05) is 0 Å². The molecule has 0 unspecified atom stereocenters. The Labute approximate surface area is 163 Å². The van der Waals surface area contributed by atoms with Gasteiger partial charge in [-0.1, -0.05) is 48.5 Å². The number of fused-ring (bicyclic) bond motifs is 3. The first-order valence-corrected chi connectivity index (χ1v) is 10.8. The van der Waals surface area contributed by atoms with Crippen LogP contribution in [0.25, 0.3) is 21.8 Å². The Morgan fingerprint density at radius 3 is 2.00 bits per heavy atom. The van der Waals surface area contributed by atoms with Crippen molar-refractivity contribution in [3.05, 3.63) is 78.6 Å². The van der Waals surface area contributed by atoms with Gasteiger partial charge < -0.3 is 0 Å². The minimum absolute atomic E-state index is 0.901. The zero-order valence-electron chi connectivity index (χ0n) is 15.5. The zero-order valence-corrected chi connectivity index (χ0v) is 16.3. The first kappa shape index (κ1) is 21.1. The van der Waals surface area contributed by atoms with E-state index in [1.165, 1.54) is 27.4 Å². The van der Waals surface area contributed by atoms with Crippen molar-refractivity contribution in [2.24, 2.45) is 0 Å². The summed E-state index contributed by atoms with van der Waals surface area (Å²) in [4.78, 5) is 0. The van der Waals surface area contributed by atoms with Crippen LogP contribution in [0.15, 0.2) is 73.1 Å². The maximum absolute atomic E-state index is 10.7. The van der Waals surface area contributed by atoms with Crippen LogP contribution in [0.1, 0.15) is 12.5 Å². The van der Waals surface area contributed by atoms with E-state index < -0.39 is 7.81 Å². The molecule has 1 heterocycles. The number of hydrogen-bond donors (Lipinski definition) is 0. The van der Waals surface area contributed by atoms with Crippen molar-refractivity contribution in [1.29, 1.82) is 0 Å². The summed E-state index contributed by atoms with van der Waals surface area (Å²) in [6.07, 6.45) is 2.24. The van der Waals surface area contributed by atoms with Gasteiger partial charge in [-0.2, -0.15) is 0 Å². The van der Waals surface area contributed by atoms with Gasteiger partial charge in [0.15, 0.2) is 11.0 Å². The van der Waals surface area contributed by atoms with Crippen molar-refractivity contribution in [2.45, 2.75) is 20.0 Å². The predicted octanol–water partition coefficient (Wildman–Crippen LogP) is 7.53. The van der Waals surface area contributed by atoms with Crippen LogP contribution in [0.5, 0.6) is 0 Å². The molecule has 0 spiro atoms. The van der Waals surface area contributed by atoms with E-state index in [0.717, 1.165) is 13.1 Å². The number of halogens is 6. The number of aryl methyl sites for hydroxylation is 1. The summed E-state index contributed by atoms with van der Waals surface area (Å²) in [5.41, 5.74) is 3.96. The molecule has 0 aliphatic carbocycles. The first-order valence-electron chi connectivity index (χ1n) is 8.82. The van der Waals surface area contributed by atoms with Crippen LogP contribution >= 0.6 is 7.81 Å². The molecule has 1 aromatic heterocycles. The molecule has 29 heavy (non-hydrogen) atoms. The number of aromatic nitrogens is 2. The molecule has 0 radical (unpaired) electrons. The summed E-state index contributed by atoms with van der Waals surface area (Å²) in [5, 5.41) is 2.62. The molecule has 0 fully saturated rings. The van der Waals surface area contributed by atoms with E-state index in [2.05, 4.69) is 89.1 Å². The molecule has 0 amide bonds. The molecule has 2 nitrogen and oxygen atoms in total. The second kappa shape index (κ2) is 6.73. The molecule has 0 aliphatic rings. The van der Waals surface area contributed by atoms with Gasteiger partial charge in [0.2, 0.25) is 6.33 Å². The van der Waals surface area contributed by atoms with Crippen molar-refractivity contribution in [1.82, 2.24) is 4.57 Å². The van der Waals surface area contributed by atoms with Crippen molar-refractivity contribution in [3.8, 4) is 0 Å². The Hall–Kier alpha value is -2.60.